The summed E-state index contributed by atoms with van der Waals surface area (Å²) in [5.74, 6) is 0.752. The molecular formula is C29H27N5O5S. The second-order valence-electron chi connectivity index (χ2n) is 8.88. The molecule has 0 aliphatic rings. The van der Waals surface area contributed by atoms with Gasteiger partial charge in [-0.2, -0.15) is 0 Å². The molecule has 5 aromatic rings. The number of para-hydroxylation sites is 1. The normalized spacial score (nSPS) is 11.3. The van der Waals surface area contributed by atoms with E-state index >= 15 is 0 Å². The number of nitrogens with one attached hydrogen (secondary N) is 1. The topological polar surface area (TPSA) is 138 Å². The highest BCUT2D eigenvalue weighted by Crippen LogP contribution is 2.31. The molecule has 5 rings (SSSR count). The lowest BCUT2D eigenvalue weighted by atomic mass is 10.0. The standard InChI is InChI=1S/C29H27N5O5S/c1-3-15-39-22-10-12-23(13-11-22)40(36,37)33-26-17-20(18-31-27(26)38-2)19-9-14-25-24(16-19)28(35)34(29(30)32-25)21-7-5-4-6-8-21/h4-14,16-18,33H,3,15H2,1-2H3,(H2,30,32). The fourth-order valence-electron chi connectivity index (χ4n) is 4.19. The summed E-state index contributed by atoms with van der Waals surface area (Å²) in [4.78, 5) is 22.2. The highest BCUT2D eigenvalue weighted by molar-refractivity contribution is 7.92. The van der Waals surface area contributed by atoms with Crippen molar-refractivity contribution in [3.63, 3.8) is 0 Å². The summed E-state index contributed by atoms with van der Waals surface area (Å²) in [6.45, 7) is 2.53. The number of hydrogen-bond donors (Lipinski definition) is 2. The van der Waals surface area contributed by atoms with E-state index in [0.717, 1.165) is 6.42 Å². The molecule has 0 saturated carbocycles. The van der Waals surface area contributed by atoms with Gasteiger partial charge < -0.3 is 15.2 Å². The first-order valence-corrected chi connectivity index (χ1v) is 14.0. The van der Waals surface area contributed by atoms with Crippen LogP contribution < -0.4 is 25.5 Å². The van der Waals surface area contributed by atoms with E-state index in [0.29, 0.717) is 40.1 Å². The van der Waals surface area contributed by atoms with Crippen molar-refractivity contribution >= 4 is 32.6 Å². The molecule has 2 aromatic heterocycles. The average Bonchev–Trinajstić information content (AvgIpc) is 2.96. The molecular weight excluding hydrogens is 530 g/mol. The maximum absolute atomic E-state index is 13.4. The number of methoxy groups -OCH3 is 1. The molecule has 204 valence electrons. The summed E-state index contributed by atoms with van der Waals surface area (Å²) < 4.78 is 41.1. The number of anilines is 2. The molecule has 3 aromatic carbocycles. The summed E-state index contributed by atoms with van der Waals surface area (Å²) in [7, 11) is -2.57. The van der Waals surface area contributed by atoms with Crippen molar-refractivity contribution in [1.29, 1.82) is 0 Å². The third-order valence-corrected chi connectivity index (χ3v) is 7.52. The number of ether oxygens (including phenoxy) is 2. The number of nitrogens with zero attached hydrogens (tertiary/aromatic N) is 3. The van der Waals surface area contributed by atoms with Crippen molar-refractivity contribution in [1.82, 2.24) is 14.5 Å². The van der Waals surface area contributed by atoms with Gasteiger partial charge >= 0.3 is 0 Å². The van der Waals surface area contributed by atoms with Crippen molar-refractivity contribution in [3.8, 4) is 28.4 Å². The number of benzene rings is 3. The largest absolute Gasteiger partial charge is 0.494 e. The Morgan fingerprint density at radius 2 is 1.73 bits per heavy atom. The highest BCUT2D eigenvalue weighted by atomic mass is 32.2. The molecule has 0 spiro atoms. The zero-order chi connectivity index (χ0) is 28.3. The van der Waals surface area contributed by atoms with Crippen LogP contribution in [0, 0.1) is 0 Å². The number of nitrogen functional groups attached to an aromatic ring is 1. The summed E-state index contributed by atoms with van der Waals surface area (Å²) in [6, 6.07) is 21.9. The molecule has 3 N–H and O–H groups in total. The van der Waals surface area contributed by atoms with Crippen LogP contribution in [0.1, 0.15) is 13.3 Å². The zero-order valence-corrected chi connectivity index (χ0v) is 22.7. The smallest absolute Gasteiger partial charge is 0.267 e. The van der Waals surface area contributed by atoms with Gasteiger partial charge in [0, 0.05) is 11.8 Å². The van der Waals surface area contributed by atoms with Crippen molar-refractivity contribution in [2.24, 2.45) is 0 Å². The van der Waals surface area contributed by atoms with Crippen LogP contribution in [0.2, 0.25) is 0 Å². The number of nitrogens with two attached hydrogens (primary N) is 1. The van der Waals surface area contributed by atoms with Crippen LogP contribution in [0.25, 0.3) is 27.7 Å². The van der Waals surface area contributed by atoms with Crippen molar-refractivity contribution in [2.45, 2.75) is 18.2 Å². The van der Waals surface area contributed by atoms with Crippen LogP contribution in [0.15, 0.2) is 94.7 Å². The van der Waals surface area contributed by atoms with Crippen LogP contribution in [0.4, 0.5) is 11.6 Å². The minimum absolute atomic E-state index is 0.0552. The van der Waals surface area contributed by atoms with Gasteiger partial charge in [-0.1, -0.05) is 31.2 Å². The highest BCUT2D eigenvalue weighted by Gasteiger charge is 2.19. The van der Waals surface area contributed by atoms with Gasteiger partial charge in [0.15, 0.2) is 0 Å². The Morgan fingerprint density at radius 3 is 2.42 bits per heavy atom. The molecule has 0 atom stereocenters. The van der Waals surface area contributed by atoms with E-state index < -0.39 is 10.0 Å². The Bertz CT molecular complexity index is 1840. The molecule has 10 nitrogen and oxygen atoms in total. The zero-order valence-electron chi connectivity index (χ0n) is 21.9. The van der Waals surface area contributed by atoms with E-state index in [4.69, 9.17) is 15.2 Å². The minimum atomic E-state index is -3.97. The van der Waals surface area contributed by atoms with E-state index in [1.807, 2.05) is 25.1 Å². The predicted octanol–water partition coefficient (Wildman–Crippen LogP) is 4.63. The Labute approximate surface area is 231 Å². The molecule has 0 saturated heterocycles. The second kappa shape index (κ2) is 11.1. The number of hydrogen-bond acceptors (Lipinski definition) is 8. The molecule has 0 radical (unpaired) electrons. The van der Waals surface area contributed by atoms with Crippen LogP contribution in [0.5, 0.6) is 11.6 Å². The minimum Gasteiger partial charge on any atom is -0.494 e. The average molecular weight is 558 g/mol. The Hall–Kier alpha value is -4.90. The SMILES string of the molecule is CCCOc1ccc(S(=O)(=O)Nc2cc(-c3ccc4nc(N)n(-c5ccccc5)c(=O)c4c3)cnc2OC)cc1. The summed E-state index contributed by atoms with van der Waals surface area (Å²) >= 11 is 0. The first kappa shape index (κ1) is 26.7. The molecule has 0 bridgehead atoms. The number of aromatic nitrogens is 3. The number of fused-ring (bicyclic) bond motifs is 1. The van der Waals surface area contributed by atoms with Gasteiger partial charge in [0.1, 0.15) is 11.4 Å². The van der Waals surface area contributed by atoms with E-state index in [1.54, 1.807) is 48.5 Å². The van der Waals surface area contributed by atoms with Gasteiger partial charge in [0.2, 0.25) is 11.8 Å². The van der Waals surface area contributed by atoms with Gasteiger partial charge in [0.25, 0.3) is 15.6 Å². The molecule has 0 aliphatic heterocycles. The maximum atomic E-state index is 13.4. The second-order valence-corrected chi connectivity index (χ2v) is 10.6. The van der Waals surface area contributed by atoms with Crippen LogP contribution in [-0.2, 0) is 10.0 Å². The van der Waals surface area contributed by atoms with Crippen molar-refractivity contribution in [2.75, 3.05) is 24.2 Å². The Balaban J connectivity index is 1.52. The molecule has 11 heteroatoms. The van der Waals surface area contributed by atoms with Gasteiger partial charge in [-0.25, -0.2) is 23.0 Å². The van der Waals surface area contributed by atoms with Crippen LogP contribution in [-0.4, -0.2) is 36.7 Å². The predicted molar refractivity (Wildman–Crippen MR) is 155 cm³/mol. The molecule has 2 heterocycles. The monoisotopic (exact) mass is 557 g/mol. The van der Waals surface area contributed by atoms with E-state index in [9.17, 15) is 13.2 Å². The molecule has 0 aliphatic carbocycles. The number of sulfonamides is 1. The quantitative estimate of drug-likeness (QED) is 0.268. The van der Waals surface area contributed by atoms with Crippen LogP contribution in [0.3, 0.4) is 0 Å². The summed E-state index contributed by atoms with van der Waals surface area (Å²) in [5, 5.41) is 0.346. The van der Waals surface area contributed by atoms with Gasteiger partial charge in [-0.3, -0.25) is 9.52 Å². The summed E-state index contributed by atoms with van der Waals surface area (Å²) in [5.41, 5.74) is 8.15. The number of rotatable bonds is 9. The molecule has 40 heavy (non-hydrogen) atoms. The lowest BCUT2D eigenvalue weighted by molar-refractivity contribution is 0.317. The van der Waals surface area contributed by atoms with Gasteiger partial charge in [-0.15, -0.1) is 0 Å². The van der Waals surface area contributed by atoms with E-state index in [-0.39, 0.29) is 28.0 Å². The Morgan fingerprint density at radius 1 is 0.975 bits per heavy atom. The van der Waals surface area contributed by atoms with Crippen molar-refractivity contribution in [3.05, 3.63) is 95.4 Å². The van der Waals surface area contributed by atoms with E-state index in [2.05, 4.69) is 14.7 Å². The first-order chi connectivity index (χ1) is 19.3. The fourth-order valence-corrected chi connectivity index (χ4v) is 5.24. The van der Waals surface area contributed by atoms with Gasteiger partial charge in [0.05, 0.1) is 35.2 Å². The van der Waals surface area contributed by atoms with Crippen LogP contribution >= 0.6 is 0 Å². The lowest BCUT2D eigenvalue weighted by Crippen LogP contribution is -2.23. The molecule has 0 fully saturated rings. The molecule has 0 amide bonds. The molecule has 0 unspecified atom stereocenters. The number of pyridine rings is 1. The van der Waals surface area contributed by atoms with Crippen molar-refractivity contribution < 1.29 is 17.9 Å². The summed E-state index contributed by atoms with van der Waals surface area (Å²) in [6.07, 6.45) is 2.38. The fraction of sp³-hybridized carbons (Fsp3) is 0.138. The van der Waals surface area contributed by atoms with E-state index in [1.165, 1.54) is 30.0 Å². The maximum Gasteiger partial charge on any atom is 0.267 e. The third kappa shape index (κ3) is 5.32. The van der Waals surface area contributed by atoms with Gasteiger partial charge in [-0.05, 0) is 66.6 Å². The third-order valence-electron chi connectivity index (χ3n) is 6.14. The Kier molecular flexibility index (Phi) is 7.39. The lowest BCUT2D eigenvalue weighted by Gasteiger charge is -2.14. The first-order valence-electron chi connectivity index (χ1n) is 12.5.